The van der Waals surface area contributed by atoms with E-state index in [2.05, 4.69) is 18.3 Å². The van der Waals surface area contributed by atoms with E-state index in [0.29, 0.717) is 13.2 Å². The molecule has 0 amide bonds. The van der Waals surface area contributed by atoms with Crippen LogP contribution in [0.3, 0.4) is 0 Å². The van der Waals surface area contributed by atoms with Crippen LogP contribution in [0.5, 0.6) is 5.75 Å². The summed E-state index contributed by atoms with van der Waals surface area (Å²) in [5.74, 6) is 0.938. The van der Waals surface area contributed by atoms with Crippen molar-refractivity contribution in [3.05, 3.63) is 29.8 Å². The molecule has 0 aliphatic rings. The summed E-state index contributed by atoms with van der Waals surface area (Å²) in [5, 5.41) is 3.39. The number of benzene rings is 1. The maximum Gasteiger partial charge on any atom is 0.124 e. The van der Waals surface area contributed by atoms with Crippen LogP contribution in [0.2, 0.25) is 0 Å². The van der Waals surface area contributed by atoms with Gasteiger partial charge in [0.25, 0.3) is 0 Å². The van der Waals surface area contributed by atoms with Crippen molar-refractivity contribution in [3.8, 4) is 5.75 Å². The van der Waals surface area contributed by atoms with Crippen molar-refractivity contribution in [2.75, 3.05) is 26.9 Å². The molecule has 0 aromatic heterocycles. The third-order valence-electron chi connectivity index (χ3n) is 2.38. The lowest BCUT2D eigenvalue weighted by Gasteiger charge is -2.20. The maximum absolute atomic E-state index is 5.62. The molecule has 0 saturated heterocycles. The van der Waals surface area contributed by atoms with E-state index in [4.69, 9.17) is 9.47 Å². The van der Waals surface area contributed by atoms with Gasteiger partial charge in [-0.2, -0.15) is 0 Å². The minimum atomic E-state index is 0.192. The van der Waals surface area contributed by atoms with Gasteiger partial charge in [0.1, 0.15) is 5.75 Å². The topological polar surface area (TPSA) is 30.5 Å². The maximum atomic E-state index is 5.62. The molecule has 0 radical (unpaired) electrons. The summed E-state index contributed by atoms with van der Waals surface area (Å²) in [7, 11) is 1.72. The molecule has 3 nitrogen and oxygen atoms in total. The van der Waals surface area contributed by atoms with Crippen LogP contribution >= 0.6 is 0 Å². The zero-order valence-corrected chi connectivity index (χ0v) is 10.3. The Bertz CT molecular complexity index is 296. The van der Waals surface area contributed by atoms with Gasteiger partial charge in [0.15, 0.2) is 0 Å². The Kier molecular flexibility index (Phi) is 5.90. The molecule has 1 rings (SSSR count). The Labute approximate surface area is 97.8 Å². The van der Waals surface area contributed by atoms with Gasteiger partial charge in [-0.05, 0) is 19.5 Å². The molecule has 0 aliphatic heterocycles. The van der Waals surface area contributed by atoms with Gasteiger partial charge in [-0.3, -0.25) is 0 Å². The summed E-state index contributed by atoms with van der Waals surface area (Å²) in [6.07, 6.45) is 0. The first-order valence-electron chi connectivity index (χ1n) is 5.77. The van der Waals surface area contributed by atoms with Gasteiger partial charge in [0, 0.05) is 12.7 Å². The number of likely N-dealkylation sites (N-methyl/N-ethyl adjacent to an activating group) is 1. The molecule has 1 unspecified atom stereocenters. The average molecular weight is 223 g/mol. The second-order valence-corrected chi connectivity index (χ2v) is 3.54. The van der Waals surface area contributed by atoms with Crippen molar-refractivity contribution in [1.82, 2.24) is 5.32 Å². The number of hydrogen-bond donors (Lipinski definition) is 1. The summed E-state index contributed by atoms with van der Waals surface area (Å²) in [5.41, 5.74) is 1.16. The molecule has 0 saturated carbocycles. The number of ether oxygens (including phenoxy) is 2. The average Bonchev–Trinajstić information content (AvgIpc) is 2.30. The van der Waals surface area contributed by atoms with Gasteiger partial charge < -0.3 is 14.8 Å². The Hall–Kier alpha value is -1.06. The number of hydrogen-bond acceptors (Lipinski definition) is 3. The predicted molar refractivity (Wildman–Crippen MR) is 65.9 cm³/mol. The molecule has 1 aromatic carbocycles. The van der Waals surface area contributed by atoms with Gasteiger partial charge >= 0.3 is 0 Å². The van der Waals surface area contributed by atoms with E-state index in [1.54, 1.807) is 7.11 Å². The van der Waals surface area contributed by atoms with Crippen LogP contribution in [0.15, 0.2) is 24.3 Å². The Morgan fingerprint density at radius 2 is 2.00 bits per heavy atom. The molecule has 3 heteroatoms. The Morgan fingerprint density at radius 1 is 1.25 bits per heavy atom. The van der Waals surface area contributed by atoms with Gasteiger partial charge in [0.2, 0.25) is 0 Å². The first-order valence-corrected chi connectivity index (χ1v) is 5.77. The van der Waals surface area contributed by atoms with Crippen molar-refractivity contribution < 1.29 is 9.47 Å². The number of methoxy groups -OCH3 is 1. The second kappa shape index (κ2) is 7.25. The van der Waals surface area contributed by atoms with E-state index in [1.165, 1.54) is 0 Å². The van der Waals surface area contributed by atoms with Crippen LogP contribution in [-0.4, -0.2) is 26.9 Å². The van der Waals surface area contributed by atoms with Crippen LogP contribution in [0, 0.1) is 0 Å². The molecule has 1 atom stereocenters. The largest absolute Gasteiger partial charge is 0.494 e. The molecule has 16 heavy (non-hydrogen) atoms. The molecule has 0 aliphatic carbocycles. The fourth-order valence-electron chi connectivity index (χ4n) is 1.73. The van der Waals surface area contributed by atoms with Gasteiger partial charge in [-0.15, -0.1) is 0 Å². The third-order valence-corrected chi connectivity index (χ3v) is 2.38. The Balaban J connectivity index is 2.87. The van der Waals surface area contributed by atoms with Crippen LogP contribution in [0.4, 0.5) is 0 Å². The van der Waals surface area contributed by atoms with Crippen LogP contribution in [0.1, 0.15) is 25.5 Å². The van der Waals surface area contributed by atoms with E-state index in [0.717, 1.165) is 17.9 Å². The molecule has 0 bridgehead atoms. The van der Waals surface area contributed by atoms with Crippen molar-refractivity contribution in [1.29, 1.82) is 0 Å². The summed E-state index contributed by atoms with van der Waals surface area (Å²) in [6, 6.07) is 8.29. The van der Waals surface area contributed by atoms with Crippen molar-refractivity contribution in [2.24, 2.45) is 0 Å². The normalized spacial score (nSPS) is 12.4. The van der Waals surface area contributed by atoms with Crippen molar-refractivity contribution >= 4 is 0 Å². The third kappa shape index (κ3) is 3.51. The highest BCUT2D eigenvalue weighted by atomic mass is 16.5. The lowest BCUT2D eigenvalue weighted by atomic mass is 10.1. The summed E-state index contributed by atoms with van der Waals surface area (Å²) < 4.78 is 10.8. The van der Waals surface area contributed by atoms with Crippen LogP contribution < -0.4 is 10.1 Å². The molecule has 1 aromatic rings. The summed E-state index contributed by atoms with van der Waals surface area (Å²) in [4.78, 5) is 0. The quantitative estimate of drug-likeness (QED) is 0.770. The number of nitrogens with one attached hydrogen (secondary N) is 1. The van der Waals surface area contributed by atoms with E-state index in [1.807, 2.05) is 25.1 Å². The van der Waals surface area contributed by atoms with Gasteiger partial charge in [-0.1, -0.05) is 25.1 Å². The highest BCUT2D eigenvalue weighted by Gasteiger charge is 2.14. The highest BCUT2D eigenvalue weighted by molar-refractivity contribution is 5.36. The second-order valence-electron chi connectivity index (χ2n) is 3.54. The minimum absolute atomic E-state index is 0.192. The Morgan fingerprint density at radius 3 is 2.62 bits per heavy atom. The van der Waals surface area contributed by atoms with E-state index in [-0.39, 0.29) is 6.04 Å². The molecule has 1 N–H and O–H groups in total. The fourth-order valence-corrected chi connectivity index (χ4v) is 1.73. The van der Waals surface area contributed by atoms with Gasteiger partial charge in [-0.25, -0.2) is 0 Å². The lowest BCUT2D eigenvalue weighted by molar-refractivity contribution is 0.166. The SMILES string of the molecule is CCNC(COC)c1ccccc1OCC. The van der Waals surface area contributed by atoms with Crippen LogP contribution in [-0.2, 0) is 4.74 Å². The zero-order valence-electron chi connectivity index (χ0n) is 10.3. The molecule has 90 valence electrons. The fraction of sp³-hybridized carbons (Fsp3) is 0.538. The summed E-state index contributed by atoms with van der Waals surface area (Å²) >= 11 is 0. The molecule has 0 heterocycles. The molecule has 0 spiro atoms. The first-order chi connectivity index (χ1) is 7.83. The number of para-hydroxylation sites is 1. The van der Waals surface area contributed by atoms with E-state index >= 15 is 0 Å². The van der Waals surface area contributed by atoms with Crippen LogP contribution in [0.25, 0.3) is 0 Å². The van der Waals surface area contributed by atoms with Crippen molar-refractivity contribution in [3.63, 3.8) is 0 Å². The van der Waals surface area contributed by atoms with Gasteiger partial charge in [0.05, 0.1) is 19.3 Å². The smallest absolute Gasteiger partial charge is 0.124 e. The highest BCUT2D eigenvalue weighted by Crippen LogP contribution is 2.25. The standard InChI is InChI=1S/C13H21NO2/c1-4-14-12(10-15-3)11-8-6-7-9-13(11)16-5-2/h6-9,12,14H,4-5,10H2,1-3H3. The minimum Gasteiger partial charge on any atom is -0.494 e. The molecular formula is C13H21NO2. The zero-order chi connectivity index (χ0) is 11.8. The lowest BCUT2D eigenvalue weighted by Crippen LogP contribution is -2.25. The summed E-state index contributed by atoms with van der Waals surface area (Å²) in [6.45, 7) is 6.33. The first kappa shape index (κ1) is 13.0. The van der Waals surface area contributed by atoms with E-state index < -0.39 is 0 Å². The number of rotatable bonds is 7. The predicted octanol–water partition coefficient (Wildman–Crippen LogP) is 2.38. The molecular weight excluding hydrogens is 202 g/mol. The van der Waals surface area contributed by atoms with E-state index in [9.17, 15) is 0 Å². The van der Waals surface area contributed by atoms with Crippen molar-refractivity contribution in [2.45, 2.75) is 19.9 Å². The monoisotopic (exact) mass is 223 g/mol. The molecule has 0 fully saturated rings.